The van der Waals surface area contributed by atoms with E-state index < -0.39 is 12.8 Å². The fourth-order valence-electron chi connectivity index (χ4n) is 1.93. The molecule has 0 bridgehead atoms. The second-order valence-corrected chi connectivity index (χ2v) is 5.09. The van der Waals surface area contributed by atoms with Gasteiger partial charge in [-0.1, -0.05) is 6.07 Å². The lowest BCUT2D eigenvalue weighted by Crippen LogP contribution is -2.37. The van der Waals surface area contributed by atoms with Crippen molar-refractivity contribution in [3.63, 3.8) is 0 Å². The topological polar surface area (TPSA) is 64.1 Å². The zero-order valence-corrected chi connectivity index (χ0v) is 17.3. The van der Waals surface area contributed by atoms with Crippen molar-refractivity contribution in [3.8, 4) is 11.5 Å². The van der Waals surface area contributed by atoms with Gasteiger partial charge in [0, 0.05) is 33.9 Å². The van der Waals surface area contributed by atoms with E-state index in [4.69, 9.17) is 14.2 Å². The third-order valence-corrected chi connectivity index (χ3v) is 3.12. The smallest absolute Gasteiger partial charge is 0.422 e. The summed E-state index contributed by atoms with van der Waals surface area (Å²) in [5, 5.41) is 6.24. The van der Waals surface area contributed by atoms with Crippen LogP contribution in [0.25, 0.3) is 0 Å². The second-order valence-electron chi connectivity index (χ2n) is 5.09. The Hall–Kier alpha value is -1.43. The maximum absolute atomic E-state index is 12.3. The van der Waals surface area contributed by atoms with Gasteiger partial charge in [0.15, 0.2) is 24.1 Å². The molecule has 0 fully saturated rings. The molecule has 0 aliphatic rings. The minimum Gasteiger partial charge on any atom is -0.493 e. The third-order valence-electron chi connectivity index (χ3n) is 3.12. The summed E-state index contributed by atoms with van der Waals surface area (Å²) in [5.41, 5.74) is 0.816. The number of ether oxygens (including phenoxy) is 3. The van der Waals surface area contributed by atoms with E-state index in [0.29, 0.717) is 25.7 Å². The van der Waals surface area contributed by atoms with Gasteiger partial charge in [-0.15, -0.1) is 24.0 Å². The Morgan fingerprint density at radius 2 is 1.88 bits per heavy atom. The lowest BCUT2D eigenvalue weighted by atomic mass is 10.2. The average molecular weight is 491 g/mol. The van der Waals surface area contributed by atoms with E-state index in [2.05, 4.69) is 15.6 Å². The highest BCUT2D eigenvalue weighted by Gasteiger charge is 2.29. The predicted octanol–water partition coefficient (Wildman–Crippen LogP) is 2.96. The molecule has 10 heteroatoms. The van der Waals surface area contributed by atoms with Crippen LogP contribution in [0.4, 0.5) is 13.2 Å². The first-order valence-electron chi connectivity index (χ1n) is 7.69. The van der Waals surface area contributed by atoms with E-state index in [9.17, 15) is 13.2 Å². The highest BCUT2D eigenvalue weighted by molar-refractivity contribution is 14.0. The molecule has 6 nitrogen and oxygen atoms in total. The van der Waals surface area contributed by atoms with Crippen LogP contribution in [-0.4, -0.2) is 53.2 Å². The first kappa shape index (κ1) is 24.6. The van der Waals surface area contributed by atoms with E-state index in [1.165, 1.54) is 13.2 Å². The maximum Gasteiger partial charge on any atom is 0.422 e. The number of methoxy groups -OCH3 is 2. The molecule has 0 heterocycles. The van der Waals surface area contributed by atoms with Crippen LogP contribution in [0.15, 0.2) is 23.2 Å². The molecule has 0 radical (unpaired) electrons. The zero-order chi connectivity index (χ0) is 18.7. The minimum absolute atomic E-state index is 0. The number of nitrogens with zero attached hydrogens (tertiary/aromatic N) is 1. The molecule has 1 aromatic carbocycles. The molecule has 1 rings (SSSR count). The summed E-state index contributed by atoms with van der Waals surface area (Å²) in [5.74, 6) is 0.907. The van der Waals surface area contributed by atoms with Gasteiger partial charge < -0.3 is 24.8 Å². The highest BCUT2D eigenvalue weighted by Crippen LogP contribution is 2.29. The van der Waals surface area contributed by atoms with Crippen molar-refractivity contribution in [1.82, 2.24) is 10.6 Å². The number of nitrogens with one attached hydrogen (secondary N) is 2. The molecule has 0 amide bonds. The number of guanidine groups is 1. The first-order chi connectivity index (χ1) is 11.9. The SMILES string of the molecule is CN=C(NCCCOC)NCc1ccc(OCC(F)(F)F)c(OC)c1.I. The number of hydrogen-bond acceptors (Lipinski definition) is 4. The molecule has 0 saturated carbocycles. The molecule has 0 unspecified atom stereocenters. The fraction of sp³-hybridized carbons (Fsp3) is 0.562. The van der Waals surface area contributed by atoms with Crippen molar-refractivity contribution < 1.29 is 27.4 Å². The molecule has 0 aliphatic heterocycles. The molecular formula is C16H25F3IN3O3. The first-order valence-corrected chi connectivity index (χ1v) is 7.69. The summed E-state index contributed by atoms with van der Waals surface area (Å²) in [7, 11) is 4.67. The molecular weight excluding hydrogens is 466 g/mol. The number of rotatable bonds is 9. The summed E-state index contributed by atoms with van der Waals surface area (Å²) in [4.78, 5) is 4.09. The van der Waals surface area contributed by atoms with Crippen molar-refractivity contribution in [1.29, 1.82) is 0 Å². The molecule has 0 aliphatic carbocycles. The van der Waals surface area contributed by atoms with E-state index in [1.54, 1.807) is 26.3 Å². The summed E-state index contributed by atoms with van der Waals surface area (Å²) in [6, 6.07) is 4.74. The number of benzene rings is 1. The average Bonchev–Trinajstić information content (AvgIpc) is 2.59. The van der Waals surface area contributed by atoms with Crippen LogP contribution >= 0.6 is 24.0 Å². The van der Waals surface area contributed by atoms with Gasteiger partial charge in [-0.25, -0.2) is 0 Å². The Morgan fingerprint density at radius 3 is 2.46 bits per heavy atom. The van der Waals surface area contributed by atoms with Gasteiger partial charge in [-0.05, 0) is 24.1 Å². The predicted molar refractivity (Wildman–Crippen MR) is 105 cm³/mol. The van der Waals surface area contributed by atoms with Gasteiger partial charge in [-0.3, -0.25) is 4.99 Å². The summed E-state index contributed by atoms with van der Waals surface area (Å²) in [6.07, 6.45) is -3.55. The van der Waals surface area contributed by atoms with Gasteiger partial charge in [0.2, 0.25) is 0 Å². The van der Waals surface area contributed by atoms with E-state index >= 15 is 0 Å². The summed E-state index contributed by atoms with van der Waals surface area (Å²) >= 11 is 0. The quantitative estimate of drug-likeness (QED) is 0.241. The molecule has 26 heavy (non-hydrogen) atoms. The number of alkyl halides is 3. The van der Waals surface area contributed by atoms with Crippen molar-refractivity contribution >= 4 is 29.9 Å². The standard InChI is InChI=1S/C16H24F3N3O3.HI/c1-20-15(21-7-4-8-23-2)22-10-12-5-6-13(14(9-12)24-3)25-11-16(17,18)19;/h5-6,9H,4,7-8,10-11H2,1-3H3,(H2,20,21,22);1H. The van der Waals surface area contributed by atoms with Crippen LogP contribution in [0, 0.1) is 0 Å². The van der Waals surface area contributed by atoms with Crippen molar-refractivity contribution in [2.24, 2.45) is 4.99 Å². The summed E-state index contributed by atoms with van der Waals surface area (Å²) in [6.45, 7) is 0.431. The maximum atomic E-state index is 12.3. The molecule has 0 saturated heterocycles. The summed E-state index contributed by atoms with van der Waals surface area (Å²) < 4.78 is 51.6. The van der Waals surface area contributed by atoms with Crippen LogP contribution in [0.3, 0.4) is 0 Å². The van der Waals surface area contributed by atoms with Crippen LogP contribution in [0.5, 0.6) is 11.5 Å². The van der Waals surface area contributed by atoms with Gasteiger partial charge in [0.05, 0.1) is 7.11 Å². The van der Waals surface area contributed by atoms with Crippen LogP contribution in [0.1, 0.15) is 12.0 Å². The second kappa shape index (κ2) is 12.8. The number of hydrogen-bond donors (Lipinski definition) is 2. The van der Waals surface area contributed by atoms with Gasteiger partial charge in [-0.2, -0.15) is 13.2 Å². The van der Waals surface area contributed by atoms with Crippen molar-refractivity contribution in [3.05, 3.63) is 23.8 Å². The Bertz CT molecular complexity index is 557. The van der Waals surface area contributed by atoms with Gasteiger partial charge in [0.25, 0.3) is 0 Å². The van der Waals surface area contributed by atoms with Gasteiger partial charge >= 0.3 is 6.18 Å². The lowest BCUT2D eigenvalue weighted by molar-refractivity contribution is -0.153. The molecule has 2 N–H and O–H groups in total. The number of aliphatic imine (C=N–C) groups is 1. The molecule has 0 aromatic heterocycles. The van der Waals surface area contributed by atoms with E-state index in [-0.39, 0.29) is 35.5 Å². The van der Waals surface area contributed by atoms with E-state index in [0.717, 1.165) is 12.0 Å². The largest absolute Gasteiger partial charge is 0.493 e. The minimum atomic E-state index is -4.40. The molecule has 0 atom stereocenters. The molecule has 150 valence electrons. The Balaban J connectivity index is 0.00000625. The normalized spacial score (nSPS) is 11.5. The third kappa shape index (κ3) is 9.90. The van der Waals surface area contributed by atoms with Gasteiger partial charge in [0.1, 0.15) is 0 Å². The Labute approximate surface area is 168 Å². The monoisotopic (exact) mass is 491 g/mol. The lowest BCUT2D eigenvalue weighted by Gasteiger charge is -2.15. The van der Waals surface area contributed by atoms with E-state index in [1.807, 2.05) is 0 Å². The Kier molecular flexibility index (Phi) is 12.1. The van der Waals surface area contributed by atoms with Crippen molar-refractivity contribution in [2.45, 2.75) is 19.1 Å². The van der Waals surface area contributed by atoms with Crippen molar-refractivity contribution in [2.75, 3.05) is 41.0 Å². The van der Waals surface area contributed by atoms with Crippen LogP contribution < -0.4 is 20.1 Å². The highest BCUT2D eigenvalue weighted by atomic mass is 127. The number of halogens is 4. The van der Waals surface area contributed by atoms with Crippen LogP contribution in [0.2, 0.25) is 0 Å². The van der Waals surface area contributed by atoms with Crippen LogP contribution in [-0.2, 0) is 11.3 Å². The Morgan fingerprint density at radius 1 is 1.15 bits per heavy atom. The zero-order valence-electron chi connectivity index (χ0n) is 15.0. The molecule has 1 aromatic rings. The fourth-order valence-corrected chi connectivity index (χ4v) is 1.93. The molecule has 0 spiro atoms.